The highest BCUT2D eigenvalue weighted by Crippen LogP contribution is 2.41. The van der Waals surface area contributed by atoms with Crippen LogP contribution in [0.25, 0.3) is 10.2 Å². The first-order valence-corrected chi connectivity index (χ1v) is 9.01. The van der Waals surface area contributed by atoms with Gasteiger partial charge in [-0.25, -0.2) is 9.97 Å². The Morgan fingerprint density at radius 1 is 1.20 bits per heavy atom. The Morgan fingerprint density at radius 2 is 2.08 bits per heavy atom. The summed E-state index contributed by atoms with van der Waals surface area (Å²) in [6.07, 6.45) is 5.14. The van der Waals surface area contributed by atoms with Gasteiger partial charge in [0, 0.05) is 16.6 Å². The number of thiophene rings is 1. The Kier molecular flexibility index (Phi) is 4.17. The van der Waals surface area contributed by atoms with Crippen LogP contribution in [-0.2, 0) is 12.8 Å². The summed E-state index contributed by atoms with van der Waals surface area (Å²) in [6.45, 7) is 2.61. The van der Waals surface area contributed by atoms with E-state index in [0.29, 0.717) is 0 Å². The molecule has 0 fully saturated rings. The lowest BCUT2D eigenvalue weighted by atomic mass is 9.89. The lowest BCUT2D eigenvalue weighted by Crippen LogP contribution is -2.09. The van der Waals surface area contributed by atoms with Crippen LogP contribution < -0.4 is 14.8 Å². The van der Waals surface area contributed by atoms with E-state index in [1.807, 2.05) is 29.5 Å². The average molecular weight is 376 g/mol. The Hall–Kier alpha value is -2.05. The normalized spacial score (nSPS) is 17.9. The predicted molar refractivity (Wildman–Crippen MR) is 102 cm³/mol. The van der Waals surface area contributed by atoms with Gasteiger partial charge in [-0.05, 0) is 42.9 Å². The number of aromatic nitrogens is 2. The zero-order chi connectivity index (χ0) is 16.1. The monoisotopic (exact) mass is 375 g/mol. The molecule has 1 atom stereocenters. The Morgan fingerprint density at radius 3 is 3.00 bits per heavy atom. The van der Waals surface area contributed by atoms with Crippen LogP contribution in [0.3, 0.4) is 0 Å². The van der Waals surface area contributed by atoms with Crippen molar-refractivity contribution in [2.45, 2.75) is 26.2 Å². The van der Waals surface area contributed by atoms with E-state index in [9.17, 15) is 0 Å². The van der Waals surface area contributed by atoms with Crippen molar-refractivity contribution < 1.29 is 9.47 Å². The molecule has 0 amide bonds. The van der Waals surface area contributed by atoms with Crippen LogP contribution >= 0.6 is 23.7 Å². The van der Waals surface area contributed by atoms with E-state index in [2.05, 4.69) is 22.2 Å². The fourth-order valence-electron chi connectivity index (χ4n) is 3.48. The van der Waals surface area contributed by atoms with Crippen molar-refractivity contribution in [1.82, 2.24) is 9.97 Å². The summed E-state index contributed by atoms with van der Waals surface area (Å²) >= 11 is 1.81. The first kappa shape index (κ1) is 16.4. The van der Waals surface area contributed by atoms with Gasteiger partial charge in [0.2, 0.25) is 6.79 Å². The molecular weight excluding hydrogens is 358 g/mol. The molecule has 1 aromatic carbocycles. The number of aryl methyl sites for hydroxylation is 1. The van der Waals surface area contributed by atoms with Gasteiger partial charge in [0.1, 0.15) is 17.0 Å². The highest BCUT2D eigenvalue weighted by molar-refractivity contribution is 7.19. The third kappa shape index (κ3) is 2.79. The number of ether oxygens (including phenoxy) is 2. The van der Waals surface area contributed by atoms with Crippen LogP contribution in [0.1, 0.15) is 23.8 Å². The first-order chi connectivity index (χ1) is 11.8. The van der Waals surface area contributed by atoms with E-state index < -0.39 is 0 Å². The van der Waals surface area contributed by atoms with Crippen LogP contribution in [0.4, 0.5) is 11.5 Å². The fourth-order valence-corrected chi connectivity index (χ4v) is 4.83. The summed E-state index contributed by atoms with van der Waals surface area (Å²) in [6, 6.07) is 5.87. The molecule has 2 aromatic heterocycles. The molecule has 3 aromatic rings. The molecule has 1 N–H and O–H groups in total. The number of nitrogens with one attached hydrogen (secondary N) is 1. The summed E-state index contributed by atoms with van der Waals surface area (Å²) < 4.78 is 10.8. The molecule has 0 spiro atoms. The van der Waals surface area contributed by atoms with Crippen molar-refractivity contribution in [3.8, 4) is 11.5 Å². The molecule has 0 bridgehead atoms. The van der Waals surface area contributed by atoms with Crippen LogP contribution in [-0.4, -0.2) is 16.8 Å². The molecule has 0 saturated heterocycles. The zero-order valence-corrected chi connectivity index (χ0v) is 15.4. The van der Waals surface area contributed by atoms with Crippen molar-refractivity contribution in [3.05, 3.63) is 35.0 Å². The number of hydrogen-bond donors (Lipinski definition) is 1. The van der Waals surface area contributed by atoms with Crippen LogP contribution in [0.2, 0.25) is 0 Å². The minimum absolute atomic E-state index is 0. The molecule has 2 aliphatic rings. The van der Waals surface area contributed by atoms with E-state index in [4.69, 9.17) is 9.47 Å². The number of hydrogen-bond acceptors (Lipinski definition) is 6. The Balaban J connectivity index is 0.00000157. The molecular formula is C18H18ClN3O2S. The van der Waals surface area contributed by atoms with Gasteiger partial charge < -0.3 is 14.8 Å². The predicted octanol–water partition coefficient (Wildman–Crippen LogP) is 4.71. The lowest BCUT2D eigenvalue weighted by Gasteiger charge is -2.18. The molecule has 0 radical (unpaired) electrons. The van der Waals surface area contributed by atoms with Gasteiger partial charge in [-0.2, -0.15) is 0 Å². The minimum Gasteiger partial charge on any atom is -0.454 e. The van der Waals surface area contributed by atoms with Crippen LogP contribution in [0.15, 0.2) is 24.5 Å². The van der Waals surface area contributed by atoms with Crippen molar-refractivity contribution >= 4 is 45.5 Å². The van der Waals surface area contributed by atoms with Crippen LogP contribution in [0, 0.1) is 5.92 Å². The second kappa shape index (κ2) is 6.35. The molecule has 3 heterocycles. The fraction of sp³-hybridized carbons (Fsp3) is 0.333. The quantitative estimate of drug-likeness (QED) is 0.702. The van der Waals surface area contributed by atoms with E-state index in [1.165, 1.54) is 22.2 Å². The van der Waals surface area contributed by atoms with Crippen molar-refractivity contribution in [3.63, 3.8) is 0 Å². The van der Waals surface area contributed by atoms with E-state index in [1.54, 1.807) is 6.33 Å². The molecule has 5 nitrogen and oxygen atoms in total. The van der Waals surface area contributed by atoms with Crippen molar-refractivity contribution in [2.75, 3.05) is 12.1 Å². The van der Waals surface area contributed by atoms with Crippen LogP contribution in [0.5, 0.6) is 11.5 Å². The van der Waals surface area contributed by atoms with Gasteiger partial charge in [-0.3, -0.25) is 0 Å². The smallest absolute Gasteiger partial charge is 0.231 e. The maximum atomic E-state index is 5.46. The number of nitrogens with zero attached hydrogens (tertiary/aromatic N) is 2. The Bertz CT molecular complexity index is 943. The minimum atomic E-state index is 0. The first-order valence-electron chi connectivity index (χ1n) is 8.20. The third-order valence-corrected chi connectivity index (χ3v) is 5.89. The summed E-state index contributed by atoms with van der Waals surface area (Å²) in [5, 5.41) is 4.63. The summed E-state index contributed by atoms with van der Waals surface area (Å²) in [7, 11) is 0. The van der Waals surface area contributed by atoms with E-state index >= 15 is 0 Å². The number of rotatable bonds is 2. The standard InChI is InChI=1S/C18H17N3O2S.ClH/c1-10-2-4-12-15(6-10)24-18-16(12)17(19-8-20-18)21-11-3-5-13-14(7-11)23-9-22-13;/h3,5,7-8,10H,2,4,6,9H2,1H3,(H,19,20,21);1H. The van der Waals surface area contributed by atoms with Gasteiger partial charge in [-0.15, -0.1) is 23.7 Å². The summed E-state index contributed by atoms with van der Waals surface area (Å²) in [4.78, 5) is 11.5. The number of fused-ring (bicyclic) bond motifs is 4. The zero-order valence-electron chi connectivity index (χ0n) is 13.7. The molecule has 7 heteroatoms. The van der Waals surface area contributed by atoms with Gasteiger partial charge in [0.25, 0.3) is 0 Å². The summed E-state index contributed by atoms with van der Waals surface area (Å²) in [5.74, 6) is 3.19. The summed E-state index contributed by atoms with van der Waals surface area (Å²) in [5.41, 5.74) is 2.38. The van der Waals surface area contributed by atoms with Gasteiger partial charge in [0.05, 0.1) is 5.39 Å². The van der Waals surface area contributed by atoms with Crippen molar-refractivity contribution in [2.24, 2.45) is 5.92 Å². The number of anilines is 2. The lowest BCUT2D eigenvalue weighted by molar-refractivity contribution is 0.174. The largest absolute Gasteiger partial charge is 0.454 e. The van der Waals surface area contributed by atoms with E-state index in [0.717, 1.165) is 46.6 Å². The molecule has 25 heavy (non-hydrogen) atoms. The average Bonchev–Trinajstić information content (AvgIpc) is 3.18. The SMILES string of the molecule is CC1CCc2c(sc3ncnc(Nc4ccc5c(c4)OCO5)c23)C1.Cl. The second-order valence-electron chi connectivity index (χ2n) is 6.45. The third-order valence-electron chi connectivity index (χ3n) is 4.73. The molecule has 1 unspecified atom stereocenters. The Labute approximate surface area is 155 Å². The van der Waals surface area contributed by atoms with E-state index in [-0.39, 0.29) is 19.2 Å². The second-order valence-corrected chi connectivity index (χ2v) is 7.53. The maximum Gasteiger partial charge on any atom is 0.231 e. The molecule has 5 rings (SSSR count). The highest BCUT2D eigenvalue weighted by atomic mass is 35.5. The topological polar surface area (TPSA) is 56.3 Å². The van der Waals surface area contributed by atoms with Crippen molar-refractivity contribution in [1.29, 1.82) is 0 Å². The van der Waals surface area contributed by atoms with Gasteiger partial charge in [0.15, 0.2) is 11.5 Å². The maximum absolute atomic E-state index is 5.46. The van der Waals surface area contributed by atoms with Gasteiger partial charge in [-0.1, -0.05) is 6.92 Å². The molecule has 1 aliphatic heterocycles. The highest BCUT2D eigenvalue weighted by Gasteiger charge is 2.23. The van der Waals surface area contributed by atoms with Gasteiger partial charge >= 0.3 is 0 Å². The number of halogens is 1. The molecule has 130 valence electrons. The molecule has 1 aliphatic carbocycles. The molecule has 0 saturated carbocycles. The number of benzene rings is 1.